The van der Waals surface area contributed by atoms with Crippen LogP contribution in [0.1, 0.15) is 5.56 Å². The lowest BCUT2D eigenvalue weighted by atomic mass is 10.2. The van der Waals surface area contributed by atoms with E-state index in [1.165, 1.54) is 18.2 Å². The van der Waals surface area contributed by atoms with E-state index in [0.29, 0.717) is 18.0 Å². The van der Waals surface area contributed by atoms with Gasteiger partial charge in [-0.05, 0) is 47.0 Å². The normalized spacial score (nSPS) is 11.6. The van der Waals surface area contributed by atoms with Gasteiger partial charge in [-0.1, -0.05) is 11.6 Å². The van der Waals surface area contributed by atoms with Crippen LogP contribution in [0.25, 0.3) is 0 Å². The fourth-order valence-corrected chi connectivity index (χ4v) is 3.42. The lowest BCUT2D eigenvalue weighted by Gasteiger charge is -2.07. The van der Waals surface area contributed by atoms with Gasteiger partial charge in [0, 0.05) is 6.54 Å². The Bertz CT molecular complexity index is 654. The van der Waals surface area contributed by atoms with Crippen molar-refractivity contribution < 1.29 is 8.42 Å². The standard InChI is InChI=1S/C12H13ClN2O2S2/c13-11-2-1-10(7-12(11)14)19(16,17)15-5-3-9-4-6-18-8-9/h1-2,4,6-8,15H,3,5,14H2. The number of anilines is 1. The van der Waals surface area contributed by atoms with Crippen LogP contribution >= 0.6 is 22.9 Å². The number of halogens is 1. The highest BCUT2D eigenvalue weighted by Gasteiger charge is 2.14. The molecular formula is C12H13ClN2O2S2. The molecule has 0 aliphatic rings. The van der Waals surface area contributed by atoms with Crippen LogP contribution in [-0.4, -0.2) is 15.0 Å². The number of nitrogens with one attached hydrogen (secondary N) is 1. The Morgan fingerprint density at radius 3 is 2.74 bits per heavy atom. The second-order valence-electron chi connectivity index (χ2n) is 3.96. The SMILES string of the molecule is Nc1cc(S(=O)(=O)NCCc2ccsc2)ccc1Cl. The summed E-state index contributed by atoms with van der Waals surface area (Å²) in [4.78, 5) is 0.125. The Hall–Kier alpha value is -1.08. The fraction of sp³-hybridized carbons (Fsp3) is 0.167. The van der Waals surface area contributed by atoms with E-state index >= 15 is 0 Å². The van der Waals surface area contributed by atoms with Crippen LogP contribution in [0.2, 0.25) is 5.02 Å². The summed E-state index contributed by atoms with van der Waals surface area (Å²) in [5.74, 6) is 0. The molecule has 1 heterocycles. The van der Waals surface area contributed by atoms with Crippen molar-refractivity contribution in [3.63, 3.8) is 0 Å². The molecule has 1 aromatic carbocycles. The lowest BCUT2D eigenvalue weighted by Crippen LogP contribution is -2.26. The molecule has 7 heteroatoms. The summed E-state index contributed by atoms with van der Waals surface area (Å²) in [5, 5.41) is 4.30. The minimum absolute atomic E-state index is 0.125. The average Bonchev–Trinajstić information content (AvgIpc) is 2.85. The number of sulfonamides is 1. The first-order chi connectivity index (χ1) is 8.99. The smallest absolute Gasteiger partial charge is 0.240 e. The van der Waals surface area contributed by atoms with E-state index in [0.717, 1.165) is 5.56 Å². The van der Waals surface area contributed by atoms with Crippen LogP contribution in [0.15, 0.2) is 39.9 Å². The molecule has 0 aliphatic heterocycles. The van der Waals surface area contributed by atoms with Crippen molar-refractivity contribution in [2.75, 3.05) is 12.3 Å². The Balaban J connectivity index is 2.03. The van der Waals surface area contributed by atoms with E-state index in [1.54, 1.807) is 11.3 Å². The highest BCUT2D eigenvalue weighted by Crippen LogP contribution is 2.22. The zero-order valence-corrected chi connectivity index (χ0v) is 12.4. The van der Waals surface area contributed by atoms with Crippen LogP contribution in [0.5, 0.6) is 0 Å². The van der Waals surface area contributed by atoms with Crippen molar-refractivity contribution in [2.45, 2.75) is 11.3 Å². The molecule has 0 aliphatic carbocycles. The number of nitrogens with two attached hydrogens (primary N) is 1. The summed E-state index contributed by atoms with van der Waals surface area (Å²) in [6.07, 6.45) is 0.659. The molecule has 3 N–H and O–H groups in total. The number of rotatable bonds is 5. The van der Waals surface area contributed by atoms with Gasteiger partial charge in [-0.25, -0.2) is 13.1 Å². The minimum atomic E-state index is -3.54. The first kappa shape index (κ1) is 14.3. The van der Waals surface area contributed by atoms with Gasteiger partial charge >= 0.3 is 0 Å². The summed E-state index contributed by atoms with van der Waals surface area (Å²) in [6, 6.07) is 6.24. The van der Waals surface area contributed by atoms with E-state index in [9.17, 15) is 8.42 Å². The van der Waals surface area contributed by atoms with Gasteiger partial charge in [-0.15, -0.1) is 0 Å². The molecule has 0 unspecified atom stereocenters. The molecule has 0 amide bonds. The van der Waals surface area contributed by atoms with Crippen LogP contribution < -0.4 is 10.5 Å². The second-order valence-corrected chi connectivity index (χ2v) is 6.92. The van der Waals surface area contributed by atoms with Gasteiger partial charge in [0.05, 0.1) is 15.6 Å². The molecule has 0 atom stereocenters. The van der Waals surface area contributed by atoms with Crippen LogP contribution in [-0.2, 0) is 16.4 Å². The van der Waals surface area contributed by atoms with Gasteiger partial charge in [-0.2, -0.15) is 11.3 Å². The zero-order valence-electron chi connectivity index (χ0n) is 9.97. The maximum atomic E-state index is 12.0. The largest absolute Gasteiger partial charge is 0.397 e. The number of hydrogen-bond donors (Lipinski definition) is 2. The number of benzene rings is 1. The van der Waals surface area contributed by atoms with Gasteiger partial charge in [0.1, 0.15) is 0 Å². The van der Waals surface area contributed by atoms with E-state index in [4.69, 9.17) is 17.3 Å². The summed E-state index contributed by atoms with van der Waals surface area (Å²) in [5.41, 5.74) is 6.97. The van der Waals surface area contributed by atoms with Gasteiger partial charge < -0.3 is 5.73 Å². The molecule has 0 saturated heterocycles. The molecule has 0 spiro atoms. The highest BCUT2D eigenvalue weighted by atomic mass is 35.5. The van der Waals surface area contributed by atoms with E-state index in [1.807, 2.05) is 16.8 Å². The monoisotopic (exact) mass is 316 g/mol. The Kier molecular flexibility index (Phi) is 4.46. The summed E-state index contributed by atoms with van der Waals surface area (Å²) < 4.78 is 26.6. The third-order valence-electron chi connectivity index (χ3n) is 2.56. The first-order valence-electron chi connectivity index (χ1n) is 5.55. The average molecular weight is 317 g/mol. The first-order valence-corrected chi connectivity index (χ1v) is 8.35. The molecule has 19 heavy (non-hydrogen) atoms. The third kappa shape index (κ3) is 3.70. The Morgan fingerprint density at radius 1 is 1.32 bits per heavy atom. The predicted molar refractivity (Wildman–Crippen MR) is 79.1 cm³/mol. The van der Waals surface area contributed by atoms with Crippen LogP contribution in [0.3, 0.4) is 0 Å². The van der Waals surface area contributed by atoms with Gasteiger partial charge in [0.25, 0.3) is 0 Å². The Labute approximate surface area is 121 Å². The molecule has 2 rings (SSSR count). The topological polar surface area (TPSA) is 72.2 Å². The minimum Gasteiger partial charge on any atom is -0.397 e. The molecule has 4 nitrogen and oxygen atoms in total. The van der Waals surface area contributed by atoms with E-state index in [2.05, 4.69) is 4.72 Å². The van der Waals surface area contributed by atoms with Gasteiger partial charge in [0.2, 0.25) is 10.0 Å². The Morgan fingerprint density at radius 2 is 2.11 bits per heavy atom. The van der Waals surface area contributed by atoms with Crippen molar-refractivity contribution in [2.24, 2.45) is 0 Å². The van der Waals surface area contributed by atoms with E-state index in [-0.39, 0.29) is 10.6 Å². The number of hydrogen-bond acceptors (Lipinski definition) is 4. The lowest BCUT2D eigenvalue weighted by molar-refractivity contribution is 0.581. The van der Waals surface area contributed by atoms with E-state index < -0.39 is 10.0 Å². The number of nitrogen functional groups attached to an aromatic ring is 1. The van der Waals surface area contributed by atoms with Crippen LogP contribution in [0, 0.1) is 0 Å². The summed E-state index contributed by atoms with van der Waals surface area (Å²) in [6.45, 7) is 0.349. The van der Waals surface area contributed by atoms with Crippen LogP contribution in [0.4, 0.5) is 5.69 Å². The summed E-state index contributed by atoms with van der Waals surface area (Å²) in [7, 11) is -3.54. The van der Waals surface area contributed by atoms with Gasteiger partial charge in [-0.3, -0.25) is 0 Å². The van der Waals surface area contributed by atoms with Crippen molar-refractivity contribution in [1.29, 1.82) is 0 Å². The fourth-order valence-electron chi connectivity index (χ4n) is 1.54. The van der Waals surface area contributed by atoms with Crippen molar-refractivity contribution in [3.8, 4) is 0 Å². The van der Waals surface area contributed by atoms with Gasteiger partial charge in [0.15, 0.2) is 0 Å². The molecular weight excluding hydrogens is 304 g/mol. The molecule has 0 radical (unpaired) electrons. The van der Waals surface area contributed by atoms with Crippen molar-refractivity contribution >= 4 is 38.6 Å². The third-order valence-corrected chi connectivity index (χ3v) is 5.10. The van der Waals surface area contributed by atoms with Crippen molar-refractivity contribution in [1.82, 2.24) is 4.72 Å². The second kappa shape index (κ2) is 5.92. The highest BCUT2D eigenvalue weighted by molar-refractivity contribution is 7.89. The predicted octanol–water partition coefficient (Wildman–Crippen LogP) is 2.50. The summed E-state index contributed by atoms with van der Waals surface area (Å²) >= 11 is 7.35. The maximum absolute atomic E-state index is 12.0. The molecule has 1 aromatic heterocycles. The zero-order chi connectivity index (χ0) is 13.9. The number of thiophene rings is 1. The maximum Gasteiger partial charge on any atom is 0.240 e. The quantitative estimate of drug-likeness (QED) is 0.832. The van der Waals surface area contributed by atoms with Crippen molar-refractivity contribution in [3.05, 3.63) is 45.6 Å². The molecule has 102 valence electrons. The molecule has 0 saturated carbocycles. The molecule has 0 fully saturated rings. The molecule has 2 aromatic rings. The molecule has 0 bridgehead atoms.